The molecule has 0 aliphatic carbocycles. The van der Waals surface area contributed by atoms with Crippen LogP contribution in [0, 0.1) is 6.92 Å². The SMILES string of the molecule is [CH2]C(=O)N(C(C)O)C(C)O. The van der Waals surface area contributed by atoms with E-state index in [0.29, 0.717) is 0 Å². The monoisotopic (exact) mass is 146 g/mol. The fourth-order valence-corrected chi connectivity index (χ4v) is 0.729. The van der Waals surface area contributed by atoms with Crippen molar-refractivity contribution in [2.45, 2.75) is 26.3 Å². The molecule has 0 aromatic carbocycles. The van der Waals surface area contributed by atoms with Crippen LogP contribution in [-0.2, 0) is 4.79 Å². The zero-order valence-corrected chi connectivity index (χ0v) is 6.11. The summed E-state index contributed by atoms with van der Waals surface area (Å²) in [6, 6.07) is 0. The van der Waals surface area contributed by atoms with Crippen LogP contribution in [0.5, 0.6) is 0 Å². The van der Waals surface area contributed by atoms with Crippen molar-refractivity contribution in [1.82, 2.24) is 4.90 Å². The lowest BCUT2D eigenvalue weighted by Gasteiger charge is -2.26. The molecule has 1 radical (unpaired) electrons. The molecule has 0 bridgehead atoms. The molecular formula is C6H12NO3. The van der Waals surface area contributed by atoms with Gasteiger partial charge in [0.1, 0.15) is 12.5 Å². The van der Waals surface area contributed by atoms with E-state index in [4.69, 9.17) is 10.2 Å². The van der Waals surface area contributed by atoms with Crippen molar-refractivity contribution in [2.24, 2.45) is 0 Å². The Morgan fingerprint density at radius 3 is 1.70 bits per heavy atom. The van der Waals surface area contributed by atoms with Crippen molar-refractivity contribution in [3.63, 3.8) is 0 Å². The number of carbonyl (C=O) groups excluding carboxylic acids is 1. The number of amides is 1. The maximum Gasteiger partial charge on any atom is 0.227 e. The number of aliphatic hydroxyl groups excluding tert-OH is 2. The van der Waals surface area contributed by atoms with Crippen molar-refractivity contribution in [3.8, 4) is 0 Å². The summed E-state index contributed by atoms with van der Waals surface area (Å²) < 4.78 is 0. The Kier molecular flexibility index (Phi) is 3.32. The molecule has 2 atom stereocenters. The van der Waals surface area contributed by atoms with Gasteiger partial charge in [-0.3, -0.25) is 9.69 Å². The first-order chi connectivity index (χ1) is 4.46. The second-order valence-corrected chi connectivity index (χ2v) is 2.06. The molecule has 2 N–H and O–H groups in total. The van der Waals surface area contributed by atoms with E-state index >= 15 is 0 Å². The van der Waals surface area contributed by atoms with Gasteiger partial charge in [0.15, 0.2) is 0 Å². The van der Waals surface area contributed by atoms with Crippen molar-refractivity contribution >= 4 is 5.91 Å². The summed E-state index contributed by atoms with van der Waals surface area (Å²) in [5, 5.41) is 17.7. The van der Waals surface area contributed by atoms with Crippen LogP contribution in [0.1, 0.15) is 13.8 Å². The van der Waals surface area contributed by atoms with Crippen LogP contribution in [0.15, 0.2) is 0 Å². The Morgan fingerprint density at radius 1 is 1.40 bits per heavy atom. The van der Waals surface area contributed by atoms with Crippen LogP contribution in [0.4, 0.5) is 0 Å². The maximum absolute atomic E-state index is 10.5. The second-order valence-electron chi connectivity index (χ2n) is 2.06. The van der Waals surface area contributed by atoms with E-state index in [2.05, 4.69) is 6.92 Å². The van der Waals surface area contributed by atoms with Gasteiger partial charge in [0, 0.05) is 6.92 Å². The molecule has 0 fully saturated rings. The van der Waals surface area contributed by atoms with E-state index in [-0.39, 0.29) is 0 Å². The highest BCUT2D eigenvalue weighted by atomic mass is 16.3. The standard InChI is InChI=1S/C6H12NO3/c1-4(8)7(5(2)9)6(3)10/h5-6,9-10H,1H2,2-3H3. The number of carbonyl (C=O) groups is 1. The summed E-state index contributed by atoms with van der Waals surface area (Å²) in [4.78, 5) is 11.4. The summed E-state index contributed by atoms with van der Waals surface area (Å²) in [6.45, 7) is 5.82. The molecule has 4 nitrogen and oxygen atoms in total. The molecule has 0 aromatic heterocycles. The minimum Gasteiger partial charge on any atom is -0.374 e. The summed E-state index contributed by atoms with van der Waals surface area (Å²) in [5.41, 5.74) is 0. The largest absolute Gasteiger partial charge is 0.374 e. The zero-order chi connectivity index (χ0) is 8.31. The molecule has 0 aliphatic heterocycles. The second kappa shape index (κ2) is 3.53. The molecule has 0 heterocycles. The lowest BCUT2D eigenvalue weighted by molar-refractivity contribution is -0.150. The number of hydrogen-bond acceptors (Lipinski definition) is 3. The average molecular weight is 146 g/mol. The van der Waals surface area contributed by atoms with Crippen molar-refractivity contribution in [1.29, 1.82) is 0 Å². The zero-order valence-electron chi connectivity index (χ0n) is 6.11. The van der Waals surface area contributed by atoms with Crippen LogP contribution in [-0.4, -0.2) is 33.5 Å². The third-order valence-electron chi connectivity index (χ3n) is 1.09. The van der Waals surface area contributed by atoms with Gasteiger partial charge < -0.3 is 10.2 Å². The summed E-state index contributed by atoms with van der Waals surface area (Å²) in [6.07, 6.45) is -1.99. The van der Waals surface area contributed by atoms with Crippen LogP contribution in [0.2, 0.25) is 0 Å². The van der Waals surface area contributed by atoms with Crippen LogP contribution < -0.4 is 0 Å². The fraction of sp³-hybridized carbons (Fsp3) is 0.667. The predicted octanol–water partition coefficient (Wildman–Crippen LogP) is -0.674. The van der Waals surface area contributed by atoms with Crippen molar-refractivity contribution < 1.29 is 15.0 Å². The topological polar surface area (TPSA) is 60.8 Å². The minimum absolute atomic E-state index is 0.593. The van der Waals surface area contributed by atoms with Crippen molar-refractivity contribution in [2.75, 3.05) is 0 Å². The van der Waals surface area contributed by atoms with Crippen LogP contribution in [0.3, 0.4) is 0 Å². The van der Waals surface area contributed by atoms with E-state index in [0.717, 1.165) is 4.90 Å². The quantitative estimate of drug-likeness (QED) is 0.508. The molecule has 0 saturated carbocycles. The average Bonchev–Trinajstić information content (AvgIpc) is 1.59. The van der Waals surface area contributed by atoms with E-state index in [9.17, 15) is 4.79 Å². The van der Waals surface area contributed by atoms with Crippen LogP contribution in [0.25, 0.3) is 0 Å². The maximum atomic E-state index is 10.5. The van der Waals surface area contributed by atoms with Gasteiger partial charge in [-0.2, -0.15) is 0 Å². The van der Waals surface area contributed by atoms with E-state index in [1.165, 1.54) is 13.8 Å². The highest BCUT2D eigenvalue weighted by Crippen LogP contribution is 2.00. The van der Waals surface area contributed by atoms with Gasteiger partial charge in [0.2, 0.25) is 5.91 Å². The first-order valence-electron chi connectivity index (χ1n) is 2.97. The smallest absolute Gasteiger partial charge is 0.227 e. The molecule has 0 saturated heterocycles. The first-order valence-corrected chi connectivity index (χ1v) is 2.97. The summed E-state index contributed by atoms with van der Waals surface area (Å²) in [7, 11) is 0. The van der Waals surface area contributed by atoms with Gasteiger partial charge in [-0.15, -0.1) is 0 Å². The third kappa shape index (κ3) is 2.33. The lowest BCUT2D eigenvalue weighted by atomic mass is 10.4. The number of aliphatic hydroxyl groups is 2. The van der Waals surface area contributed by atoms with Gasteiger partial charge in [-0.25, -0.2) is 0 Å². The molecule has 0 rings (SSSR count). The normalized spacial score (nSPS) is 16.1. The number of nitrogens with zero attached hydrogens (tertiary/aromatic N) is 1. The van der Waals surface area contributed by atoms with Gasteiger partial charge in [0.05, 0.1) is 0 Å². The number of rotatable bonds is 2. The molecule has 59 valence electrons. The first kappa shape index (κ1) is 9.39. The molecule has 0 aliphatic rings. The van der Waals surface area contributed by atoms with E-state index < -0.39 is 18.4 Å². The van der Waals surface area contributed by atoms with Gasteiger partial charge in [-0.1, -0.05) is 0 Å². The molecule has 4 heteroatoms. The molecular weight excluding hydrogens is 134 g/mol. The molecule has 1 amide bonds. The Labute approximate surface area is 60.1 Å². The fourth-order valence-electron chi connectivity index (χ4n) is 0.729. The van der Waals surface area contributed by atoms with Gasteiger partial charge in [0.25, 0.3) is 0 Å². The Morgan fingerprint density at radius 2 is 1.70 bits per heavy atom. The van der Waals surface area contributed by atoms with Crippen molar-refractivity contribution in [3.05, 3.63) is 6.92 Å². The molecule has 2 unspecified atom stereocenters. The predicted molar refractivity (Wildman–Crippen MR) is 35.6 cm³/mol. The Hall–Kier alpha value is -0.610. The summed E-state index contributed by atoms with van der Waals surface area (Å²) >= 11 is 0. The van der Waals surface area contributed by atoms with Gasteiger partial charge in [-0.05, 0) is 13.8 Å². The van der Waals surface area contributed by atoms with E-state index in [1.807, 2.05) is 0 Å². The molecule has 0 spiro atoms. The van der Waals surface area contributed by atoms with E-state index in [1.54, 1.807) is 0 Å². The number of hydrogen-bond donors (Lipinski definition) is 2. The lowest BCUT2D eigenvalue weighted by Crippen LogP contribution is -2.43. The molecule has 0 aromatic rings. The third-order valence-corrected chi connectivity index (χ3v) is 1.09. The summed E-state index contributed by atoms with van der Waals surface area (Å²) in [5.74, 6) is -0.593. The highest BCUT2D eigenvalue weighted by molar-refractivity contribution is 5.80. The Balaban J connectivity index is 4.12. The molecule has 10 heavy (non-hydrogen) atoms. The highest BCUT2D eigenvalue weighted by Gasteiger charge is 2.18. The minimum atomic E-state index is -0.995. The van der Waals surface area contributed by atoms with Gasteiger partial charge >= 0.3 is 0 Å². The Bertz CT molecular complexity index is 114. The van der Waals surface area contributed by atoms with Crippen LogP contribution >= 0.6 is 0 Å².